The Labute approximate surface area is 138 Å². The van der Waals surface area contributed by atoms with Crippen molar-refractivity contribution in [2.45, 2.75) is 26.3 Å². The number of methoxy groups -OCH3 is 1. The van der Waals surface area contributed by atoms with Gasteiger partial charge >= 0.3 is 0 Å². The molecule has 128 valence electrons. The van der Waals surface area contributed by atoms with Crippen LogP contribution in [-0.4, -0.2) is 50.0 Å². The fourth-order valence-corrected chi connectivity index (χ4v) is 2.04. The Bertz CT molecular complexity index is 532. The van der Waals surface area contributed by atoms with Crippen molar-refractivity contribution in [3.63, 3.8) is 0 Å². The van der Waals surface area contributed by atoms with Crippen LogP contribution in [0.25, 0.3) is 0 Å². The first-order chi connectivity index (χ1) is 10.9. The Kier molecular flexibility index (Phi) is 7.54. The van der Waals surface area contributed by atoms with E-state index in [1.54, 1.807) is 19.1 Å². The van der Waals surface area contributed by atoms with Gasteiger partial charge in [0.15, 0.2) is 0 Å². The van der Waals surface area contributed by atoms with Crippen molar-refractivity contribution in [1.82, 2.24) is 10.2 Å². The van der Waals surface area contributed by atoms with Crippen LogP contribution in [0.4, 0.5) is 0 Å². The quantitative estimate of drug-likeness (QED) is 0.741. The summed E-state index contributed by atoms with van der Waals surface area (Å²) in [5.74, 6) is 0.397. The Balaban J connectivity index is 2.44. The van der Waals surface area contributed by atoms with Crippen molar-refractivity contribution >= 4 is 11.8 Å². The number of ether oxygens (including phenoxy) is 1. The Morgan fingerprint density at radius 2 is 1.96 bits per heavy atom. The number of nitrogens with two attached hydrogens (primary N) is 1. The van der Waals surface area contributed by atoms with E-state index in [0.29, 0.717) is 13.0 Å². The second-order valence-corrected chi connectivity index (χ2v) is 5.86. The number of carbonyl (C=O) groups excluding carboxylic acids is 2. The molecular formula is C17H27N3O3. The van der Waals surface area contributed by atoms with E-state index < -0.39 is 6.04 Å². The van der Waals surface area contributed by atoms with E-state index in [2.05, 4.69) is 5.32 Å². The third-order valence-electron chi connectivity index (χ3n) is 3.77. The summed E-state index contributed by atoms with van der Waals surface area (Å²) in [5.41, 5.74) is 6.78. The highest BCUT2D eigenvalue weighted by molar-refractivity contribution is 5.87. The highest BCUT2D eigenvalue weighted by Gasteiger charge is 2.18. The third-order valence-corrected chi connectivity index (χ3v) is 3.77. The Hall–Kier alpha value is -2.08. The summed E-state index contributed by atoms with van der Waals surface area (Å²) in [6.07, 6.45) is 0.686. The molecule has 0 fully saturated rings. The van der Waals surface area contributed by atoms with Crippen LogP contribution in [0.3, 0.4) is 0 Å². The number of hydrogen-bond donors (Lipinski definition) is 2. The minimum absolute atomic E-state index is 0.0355. The van der Waals surface area contributed by atoms with Gasteiger partial charge < -0.3 is 20.7 Å². The van der Waals surface area contributed by atoms with Crippen molar-refractivity contribution in [2.24, 2.45) is 11.7 Å². The minimum Gasteiger partial charge on any atom is -0.496 e. The second kappa shape index (κ2) is 9.15. The topological polar surface area (TPSA) is 84.7 Å². The summed E-state index contributed by atoms with van der Waals surface area (Å²) in [7, 11) is 3.34. The molecular weight excluding hydrogens is 294 g/mol. The summed E-state index contributed by atoms with van der Waals surface area (Å²) in [6.45, 7) is 4.24. The van der Waals surface area contributed by atoms with Gasteiger partial charge in [0, 0.05) is 13.6 Å². The van der Waals surface area contributed by atoms with Gasteiger partial charge in [-0.2, -0.15) is 0 Å². The van der Waals surface area contributed by atoms with E-state index in [9.17, 15) is 9.59 Å². The summed E-state index contributed by atoms with van der Waals surface area (Å²) in [6, 6.07) is 7.12. The number of amides is 2. The fraction of sp³-hybridized carbons (Fsp3) is 0.529. The molecule has 6 heteroatoms. The maximum absolute atomic E-state index is 12.1. The molecule has 0 saturated heterocycles. The predicted molar refractivity (Wildman–Crippen MR) is 90.2 cm³/mol. The first kappa shape index (κ1) is 19.0. The average molecular weight is 321 g/mol. The first-order valence-electron chi connectivity index (χ1n) is 7.76. The highest BCUT2D eigenvalue weighted by Crippen LogP contribution is 2.17. The van der Waals surface area contributed by atoms with E-state index in [4.69, 9.17) is 10.5 Å². The van der Waals surface area contributed by atoms with Crippen LogP contribution in [0.2, 0.25) is 0 Å². The molecule has 0 spiro atoms. The summed E-state index contributed by atoms with van der Waals surface area (Å²) in [4.78, 5) is 25.4. The molecule has 3 N–H and O–H groups in total. The summed E-state index contributed by atoms with van der Waals surface area (Å²) < 4.78 is 5.29. The lowest BCUT2D eigenvalue weighted by atomic mass is 10.1. The number of para-hydroxylation sites is 1. The van der Waals surface area contributed by atoms with Crippen molar-refractivity contribution in [2.75, 3.05) is 27.2 Å². The van der Waals surface area contributed by atoms with Crippen LogP contribution in [-0.2, 0) is 16.0 Å². The lowest BCUT2D eigenvalue weighted by Crippen LogP contribution is -2.47. The van der Waals surface area contributed by atoms with Gasteiger partial charge in [0.25, 0.3) is 0 Å². The molecule has 23 heavy (non-hydrogen) atoms. The molecule has 0 aliphatic rings. The molecule has 0 heterocycles. The zero-order valence-electron chi connectivity index (χ0n) is 14.3. The van der Waals surface area contributed by atoms with Crippen LogP contribution in [0.1, 0.15) is 19.4 Å². The number of carbonyl (C=O) groups is 2. The molecule has 0 saturated carbocycles. The highest BCUT2D eigenvalue weighted by atomic mass is 16.5. The Morgan fingerprint density at radius 3 is 2.57 bits per heavy atom. The van der Waals surface area contributed by atoms with Gasteiger partial charge in [-0.3, -0.25) is 9.59 Å². The van der Waals surface area contributed by atoms with Crippen LogP contribution in [0.5, 0.6) is 5.75 Å². The van der Waals surface area contributed by atoms with E-state index >= 15 is 0 Å². The van der Waals surface area contributed by atoms with Gasteiger partial charge in [0.05, 0.1) is 19.7 Å². The van der Waals surface area contributed by atoms with E-state index in [1.165, 1.54) is 0 Å². The van der Waals surface area contributed by atoms with Gasteiger partial charge in [0.1, 0.15) is 5.75 Å². The predicted octanol–water partition coefficient (Wildman–Crippen LogP) is 0.796. The maximum atomic E-state index is 12.1. The lowest BCUT2D eigenvalue weighted by Gasteiger charge is -2.20. The summed E-state index contributed by atoms with van der Waals surface area (Å²) in [5, 5.41) is 2.59. The Morgan fingerprint density at radius 1 is 1.30 bits per heavy atom. The molecule has 1 atom stereocenters. The number of rotatable bonds is 8. The third kappa shape index (κ3) is 5.90. The number of hydrogen-bond acceptors (Lipinski definition) is 4. The van der Waals surface area contributed by atoms with Crippen molar-refractivity contribution < 1.29 is 14.3 Å². The normalized spacial score (nSPS) is 11.9. The van der Waals surface area contributed by atoms with Crippen molar-refractivity contribution in [3.05, 3.63) is 29.8 Å². The fourth-order valence-electron chi connectivity index (χ4n) is 2.04. The maximum Gasteiger partial charge on any atom is 0.241 e. The number of nitrogens with one attached hydrogen (secondary N) is 1. The molecule has 2 amide bonds. The van der Waals surface area contributed by atoms with E-state index in [-0.39, 0.29) is 24.3 Å². The molecule has 1 aromatic carbocycles. The molecule has 0 aliphatic carbocycles. The first-order valence-corrected chi connectivity index (χ1v) is 7.76. The minimum atomic E-state index is -0.596. The van der Waals surface area contributed by atoms with E-state index in [0.717, 1.165) is 11.3 Å². The van der Waals surface area contributed by atoms with Gasteiger partial charge in [-0.25, -0.2) is 0 Å². The van der Waals surface area contributed by atoms with Crippen molar-refractivity contribution in [1.29, 1.82) is 0 Å². The molecule has 1 aromatic rings. The molecule has 0 bridgehead atoms. The zero-order chi connectivity index (χ0) is 17.4. The van der Waals surface area contributed by atoms with Crippen LogP contribution in [0.15, 0.2) is 24.3 Å². The number of likely N-dealkylation sites (N-methyl/N-ethyl adjacent to an activating group) is 1. The molecule has 0 radical (unpaired) electrons. The van der Waals surface area contributed by atoms with Crippen molar-refractivity contribution in [3.8, 4) is 5.75 Å². The van der Waals surface area contributed by atoms with Gasteiger partial charge in [-0.05, 0) is 24.0 Å². The lowest BCUT2D eigenvalue weighted by molar-refractivity contribution is -0.132. The monoisotopic (exact) mass is 321 g/mol. The SMILES string of the molecule is COc1ccccc1CCN(C)C(=O)CNC(=O)[C@@H](N)C(C)C. The standard InChI is InChI=1S/C17H27N3O3/c1-12(2)16(18)17(22)19-11-15(21)20(3)10-9-13-7-5-6-8-14(13)23-4/h5-8,12,16H,9-11,18H2,1-4H3,(H,19,22)/t16-/m0/s1. The molecule has 0 aromatic heterocycles. The summed E-state index contributed by atoms with van der Waals surface area (Å²) >= 11 is 0. The number of benzene rings is 1. The second-order valence-electron chi connectivity index (χ2n) is 5.86. The smallest absolute Gasteiger partial charge is 0.241 e. The molecule has 1 rings (SSSR count). The van der Waals surface area contributed by atoms with Gasteiger partial charge in [0.2, 0.25) is 11.8 Å². The molecule has 0 aliphatic heterocycles. The number of nitrogens with zero attached hydrogens (tertiary/aromatic N) is 1. The van der Waals surface area contributed by atoms with E-state index in [1.807, 2.05) is 38.1 Å². The molecule has 6 nitrogen and oxygen atoms in total. The van der Waals surface area contributed by atoms with Crippen LogP contribution < -0.4 is 15.8 Å². The van der Waals surface area contributed by atoms with Crippen LogP contribution >= 0.6 is 0 Å². The molecule has 0 unspecified atom stereocenters. The largest absolute Gasteiger partial charge is 0.496 e. The van der Waals surface area contributed by atoms with Gasteiger partial charge in [-0.1, -0.05) is 32.0 Å². The average Bonchev–Trinajstić information content (AvgIpc) is 2.56. The van der Waals surface area contributed by atoms with Gasteiger partial charge in [-0.15, -0.1) is 0 Å². The van der Waals surface area contributed by atoms with Crippen LogP contribution in [0, 0.1) is 5.92 Å². The zero-order valence-corrected chi connectivity index (χ0v) is 14.3.